The predicted octanol–water partition coefficient (Wildman–Crippen LogP) is 3.78. The normalized spacial score (nSPS) is 15.3. The molecule has 0 saturated carbocycles. The Morgan fingerprint density at radius 1 is 1.23 bits per heavy atom. The van der Waals surface area contributed by atoms with Crippen molar-refractivity contribution in [2.45, 2.75) is 58.5 Å². The van der Waals surface area contributed by atoms with E-state index in [9.17, 15) is 4.79 Å². The second-order valence-corrected chi connectivity index (χ2v) is 8.14. The van der Waals surface area contributed by atoms with E-state index in [0.29, 0.717) is 24.3 Å². The minimum Gasteiger partial charge on any atom is -0.494 e. The van der Waals surface area contributed by atoms with E-state index in [4.69, 9.17) is 17.0 Å². The number of carbonyl (C=O) groups is 1. The Labute approximate surface area is 183 Å². The minimum absolute atomic E-state index is 0.0720. The predicted molar refractivity (Wildman–Crippen MR) is 121 cm³/mol. The highest BCUT2D eigenvalue weighted by molar-refractivity contribution is 7.71. The van der Waals surface area contributed by atoms with Crippen LogP contribution < -0.4 is 10.1 Å². The van der Waals surface area contributed by atoms with E-state index in [-0.39, 0.29) is 11.9 Å². The van der Waals surface area contributed by atoms with Crippen molar-refractivity contribution in [1.82, 2.24) is 25.0 Å². The lowest BCUT2D eigenvalue weighted by Crippen LogP contribution is -2.45. The maximum Gasteiger partial charge on any atom is 0.222 e. The summed E-state index contributed by atoms with van der Waals surface area (Å²) in [5.74, 6) is 1.63. The number of amides is 1. The van der Waals surface area contributed by atoms with Crippen LogP contribution in [0, 0.1) is 4.77 Å². The van der Waals surface area contributed by atoms with Gasteiger partial charge in [0.2, 0.25) is 5.91 Å². The highest BCUT2D eigenvalue weighted by atomic mass is 32.1. The molecule has 2 heterocycles. The molecule has 0 atom stereocenters. The van der Waals surface area contributed by atoms with Crippen molar-refractivity contribution in [2.24, 2.45) is 0 Å². The van der Waals surface area contributed by atoms with Crippen LogP contribution in [0.2, 0.25) is 0 Å². The van der Waals surface area contributed by atoms with E-state index < -0.39 is 0 Å². The number of unbranched alkanes of at least 4 members (excludes halogenated alkanes) is 1. The molecule has 1 amide bonds. The van der Waals surface area contributed by atoms with Crippen LogP contribution in [0.1, 0.15) is 46.0 Å². The van der Waals surface area contributed by atoms with Crippen LogP contribution in [0.3, 0.4) is 0 Å². The molecule has 1 fully saturated rings. The Balaban J connectivity index is 1.52. The van der Waals surface area contributed by atoms with E-state index in [1.807, 2.05) is 35.8 Å². The molecule has 0 bridgehead atoms. The number of H-pyrrole nitrogens is 1. The lowest BCUT2D eigenvalue weighted by molar-refractivity contribution is -0.122. The topological polar surface area (TPSA) is 75.2 Å². The van der Waals surface area contributed by atoms with Crippen molar-refractivity contribution in [3.63, 3.8) is 0 Å². The minimum atomic E-state index is 0.0720. The zero-order valence-corrected chi connectivity index (χ0v) is 18.8. The number of carbonyl (C=O) groups excluding carboxylic acids is 1. The summed E-state index contributed by atoms with van der Waals surface area (Å²) in [6, 6.07) is 8.02. The first kappa shape index (κ1) is 22.5. The first-order valence-corrected chi connectivity index (χ1v) is 11.4. The zero-order chi connectivity index (χ0) is 21.3. The number of nitrogens with one attached hydrogen (secondary N) is 2. The average molecular weight is 432 g/mol. The highest BCUT2D eigenvalue weighted by Crippen LogP contribution is 2.21. The number of hydrogen-bond donors (Lipinski definition) is 2. The van der Waals surface area contributed by atoms with Crippen LogP contribution in [0.15, 0.2) is 24.3 Å². The van der Waals surface area contributed by atoms with Gasteiger partial charge >= 0.3 is 0 Å². The third-order valence-electron chi connectivity index (χ3n) is 5.52. The number of aromatic amines is 1. The molecule has 0 spiro atoms. The maximum atomic E-state index is 12.5. The number of ether oxygens (including phenoxy) is 1. The van der Waals surface area contributed by atoms with Crippen molar-refractivity contribution < 1.29 is 9.53 Å². The van der Waals surface area contributed by atoms with Crippen molar-refractivity contribution in [2.75, 3.05) is 26.2 Å². The molecule has 0 radical (unpaired) electrons. The molecule has 164 valence electrons. The highest BCUT2D eigenvalue weighted by Gasteiger charge is 2.20. The second kappa shape index (κ2) is 11.3. The van der Waals surface area contributed by atoms with Crippen molar-refractivity contribution in [1.29, 1.82) is 0 Å². The molecule has 8 heteroatoms. The number of piperidine rings is 1. The molecule has 3 rings (SSSR count). The zero-order valence-electron chi connectivity index (χ0n) is 18.0. The van der Waals surface area contributed by atoms with Crippen molar-refractivity contribution in [3.8, 4) is 17.1 Å². The number of hydrogen-bond acceptors (Lipinski definition) is 5. The summed E-state index contributed by atoms with van der Waals surface area (Å²) in [6.45, 7) is 8.62. The Kier molecular flexibility index (Phi) is 8.45. The number of benzene rings is 1. The molecule has 1 aromatic heterocycles. The van der Waals surface area contributed by atoms with Gasteiger partial charge in [0.15, 0.2) is 10.6 Å². The Morgan fingerprint density at radius 2 is 1.97 bits per heavy atom. The summed E-state index contributed by atoms with van der Waals surface area (Å²) in [5.41, 5.74) is 0.936. The van der Waals surface area contributed by atoms with Crippen LogP contribution in [0.4, 0.5) is 0 Å². The lowest BCUT2D eigenvalue weighted by Gasteiger charge is -2.32. The summed E-state index contributed by atoms with van der Waals surface area (Å²) in [4.78, 5) is 15.0. The molecule has 2 N–H and O–H groups in total. The van der Waals surface area contributed by atoms with Gasteiger partial charge in [-0.1, -0.05) is 13.3 Å². The van der Waals surface area contributed by atoms with Crippen LogP contribution in [-0.4, -0.2) is 57.9 Å². The molecule has 2 aromatic rings. The van der Waals surface area contributed by atoms with Gasteiger partial charge in [0.1, 0.15) is 5.75 Å². The van der Waals surface area contributed by atoms with Crippen LogP contribution in [0.25, 0.3) is 11.4 Å². The molecule has 0 unspecified atom stereocenters. The van der Waals surface area contributed by atoms with Crippen LogP contribution in [0.5, 0.6) is 5.75 Å². The summed E-state index contributed by atoms with van der Waals surface area (Å²) in [6.07, 6.45) is 4.91. The largest absolute Gasteiger partial charge is 0.494 e. The second-order valence-electron chi connectivity index (χ2n) is 7.75. The summed E-state index contributed by atoms with van der Waals surface area (Å²) in [5, 5.41) is 10.4. The molecule has 30 heavy (non-hydrogen) atoms. The fraction of sp³-hybridized carbons (Fsp3) is 0.591. The van der Waals surface area contributed by atoms with Crippen LogP contribution in [-0.2, 0) is 11.3 Å². The van der Waals surface area contributed by atoms with Crippen molar-refractivity contribution in [3.05, 3.63) is 29.0 Å². The van der Waals surface area contributed by atoms with Gasteiger partial charge in [-0.15, -0.1) is 0 Å². The van der Waals surface area contributed by atoms with Gasteiger partial charge in [-0.2, -0.15) is 5.10 Å². The smallest absolute Gasteiger partial charge is 0.222 e. The van der Waals surface area contributed by atoms with Gasteiger partial charge in [-0.25, -0.2) is 0 Å². The first-order chi connectivity index (χ1) is 14.6. The quantitative estimate of drug-likeness (QED) is 0.560. The fourth-order valence-electron chi connectivity index (χ4n) is 3.81. The number of likely N-dealkylation sites (tertiary alicyclic amines) is 1. The van der Waals surface area contributed by atoms with Crippen molar-refractivity contribution >= 4 is 18.1 Å². The molecule has 1 aliphatic heterocycles. The molecular weight excluding hydrogens is 398 g/mol. The van der Waals surface area contributed by atoms with E-state index in [2.05, 4.69) is 27.3 Å². The number of aromatic nitrogens is 3. The van der Waals surface area contributed by atoms with Gasteiger partial charge in [0.05, 0.1) is 6.61 Å². The Hall–Kier alpha value is -2.19. The van der Waals surface area contributed by atoms with E-state index in [1.54, 1.807) is 0 Å². The summed E-state index contributed by atoms with van der Waals surface area (Å²) < 4.78 is 7.91. The Bertz CT molecular complexity index is 853. The maximum absolute atomic E-state index is 12.5. The Morgan fingerprint density at radius 3 is 2.63 bits per heavy atom. The number of nitrogens with zero attached hydrogens (tertiary/aromatic N) is 3. The third kappa shape index (κ3) is 6.15. The molecular formula is C22H33N5O2S. The molecule has 0 aliphatic carbocycles. The molecule has 7 nitrogen and oxygen atoms in total. The first-order valence-electron chi connectivity index (χ1n) is 11.0. The fourth-order valence-corrected chi connectivity index (χ4v) is 4.03. The van der Waals surface area contributed by atoms with Gasteiger partial charge < -0.3 is 15.0 Å². The monoisotopic (exact) mass is 431 g/mol. The standard InChI is InChI=1S/C22H33N5O2S/c1-3-5-13-26-14-10-18(11-15-26)23-20(28)12-16-27-21(24-25-22(27)30)17-6-8-19(9-7-17)29-4-2/h6-9,18H,3-5,10-16H2,1-2H3,(H,23,28)(H,25,30). The number of rotatable bonds is 10. The average Bonchev–Trinajstić information content (AvgIpc) is 3.13. The van der Waals surface area contributed by atoms with Gasteiger partial charge in [-0.05, 0) is 69.2 Å². The molecule has 1 aliphatic rings. The van der Waals surface area contributed by atoms with Gasteiger partial charge in [0.25, 0.3) is 0 Å². The van der Waals surface area contributed by atoms with Gasteiger partial charge in [-0.3, -0.25) is 14.5 Å². The van der Waals surface area contributed by atoms with E-state index in [1.165, 1.54) is 19.4 Å². The van der Waals surface area contributed by atoms with E-state index in [0.717, 1.165) is 43.1 Å². The molecule has 1 saturated heterocycles. The van der Waals surface area contributed by atoms with Crippen LogP contribution >= 0.6 is 12.2 Å². The SMILES string of the molecule is CCCCN1CCC(NC(=O)CCn2c(-c3ccc(OCC)cc3)n[nH]c2=S)CC1. The summed E-state index contributed by atoms with van der Waals surface area (Å²) in [7, 11) is 0. The summed E-state index contributed by atoms with van der Waals surface area (Å²) >= 11 is 5.38. The third-order valence-corrected chi connectivity index (χ3v) is 5.84. The van der Waals surface area contributed by atoms with Gasteiger partial charge in [0, 0.05) is 37.7 Å². The lowest BCUT2D eigenvalue weighted by atomic mass is 10.0. The van der Waals surface area contributed by atoms with E-state index >= 15 is 0 Å². The molecule has 1 aromatic carbocycles.